The highest BCUT2D eigenvalue weighted by Crippen LogP contribution is 2.25. The van der Waals surface area contributed by atoms with Gasteiger partial charge in [0.15, 0.2) is 9.84 Å². The van der Waals surface area contributed by atoms with E-state index in [0.717, 1.165) is 22.2 Å². The van der Waals surface area contributed by atoms with Crippen molar-refractivity contribution in [3.8, 4) is 0 Å². The zero-order chi connectivity index (χ0) is 25.2. The lowest BCUT2D eigenvalue weighted by Crippen LogP contribution is -2.58. The van der Waals surface area contributed by atoms with Gasteiger partial charge in [-0.25, -0.2) is 13.2 Å². The van der Waals surface area contributed by atoms with Gasteiger partial charge in [0.1, 0.15) is 6.04 Å². The number of piperazine rings is 1. The molecule has 0 bridgehead atoms. The Morgan fingerprint density at radius 1 is 1.09 bits per heavy atom. The zero-order valence-electron chi connectivity index (χ0n) is 19.5. The van der Waals surface area contributed by atoms with Crippen molar-refractivity contribution < 1.29 is 22.7 Å². The van der Waals surface area contributed by atoms with Gasteiger partial charge >= 0.3 is 5.97 Å². The normalized spacial score (nSPS) is 16.4. The Bertz CT molecular complexity index is 1380. The number of ether oxygens (including phenoxy) is 1. The van der Waals surface area contributed by atoms with Crippen molar-refractivity contribution in [2.45, 2.75) is 24.3 Å². The van der Waals surface area contributed by atoms with Crippen LogP contribution in [0.3, 0.4) is 0 Å². The van der Waals surface area contributed by atoms with Crippen LogP contribution in [0, 0.1) is 6.92 Å². The molecule has 1 amide bonds. The Hall–Kier alpha value is -3.17. The fourth-order valence-corrected chi connectivity index (χ4v) is 5.69. The number of nitrogens with zero attached hydrogens (tertiary/aromatic N) is 3. The van der Waals surface area contributed by atoms with E-state index in [1.165, 1.54) is 18.1 Å². The van der Waals surface area contributed by atoms with Crippen LogP contribution in [-0.2, 0) is 24.2 Å². The van der Waals surface area contributed by atoms with Gasteiger partial charge in [-0.1, -0.05) is 23.7 Å². The summed E-state index contributed by atoms with van der Waals surface area (Å²) in [6.45, 7) is 2.91. The third-order valence-corrected chi connectivity index (χ3v) is 8.09. The predicted octanol–water partition coefficient (Wildman–Crippen LogP) is 3.25. The molecule has 3 aromatic rings. The Balaban J connectivity index is 1.47. The van der Waals surface area contributed by atoms with Crippen LogP contribution >= 0.6 is 11.6 Å². The maximum Gasteiger partial charge on any atom is 0.330 e. The van der Waals surface area contributed by atoms with Gasteiger partial charge in [-0.3, -0.25) is 9.78 Å². The number of pyridine rings is 1. The van der Waals surface area contributed by atoms with E-state index in [-0.39, 0.29) is 30.2 Å². The topological polar surface area (TPSA) is 96.9 Å². The highest BCUT2D eigenvalue weighted by Gasteiger charge is 2.36. The first-order chi connectivity index (χ1) is 16.7. The van der Waals surface area contributed by atoms with E-state index in [1.54, 1.807) is 36.5 Å². The summed E-state index contributed by atoms with van der Waals surface area (Å²) in [4.78, 5) is 33.3. The van der Waals surface area contributed by atoms with E-state index in [0.29, 0.717) is 11.6 Å². The number of sulfone groups is 1. The Morgan fingerprint density at radius 2 is 1.83 bits per heavy atom. The number of aryl methyl sites for hydroxylation is 1. The first-order valence-electron chi connectivity index (χ1n) is 11.1. The minimum absolute atomic E-state index is 0.141. The van der Waals surface area contributed by atoms with Crippen LogP contribution in [-0.4, -0.2) is 68.7 Å². The van der Waals surface area contributed by atoms with Gasteiger partial charge in [0.2, 0.25) is 5.91 Å². The van der Waals surface area contributed by atoms with Crippen LogP contribution in [0.4, 0.5) is 5.69 Å². The van der Waals surface area contributed by atoms with Crippen LogP contribution in [0.2, 0.25) is 5.02 Å². The average molecular weight is 516 g/mol. The zero-order valence-corrected chi connectivity index (χ0v) is 21.1. The minimum atomic E-state index is -3.71. The highest BCUT2D eigenvalue weighted by molar-refractivity contribution is 7.91. The third-order valence-electron chi connectivity index (χ3n) is 6.14. The van der Waals surface area contributed by atoms with E-state index in [4.69, 9.17) is 16.3 Å². The number of rotatable bonds is 6. The Morgan fingerprint density at radius 3 is 2.57 bits per heavy atom. The van der Waals surface area contributed by atoms with Crippen LogP contribution in [0.5, 0.6) is 0 Å². The lowest BCUT2D eigenvalue weighted by molar-refractivity contribution is -0.153. The molecule has 1 aliphatic rings. The number of aromatic nitrogens is 1. The fourth-order valence-electron chi connectivity index (χ4n) is 4.25. The number of fused-ring (bicyclic) bond motifs is 1. The molecule has 0 N–H and O–H groups in total. The molecule has 1 aliphatic heterocycles. The second-order valence-corrected chi connectivity index (χ2v) is 11.0. The number of amides is 1. The molecule has 0 aliphatic carbocycles. The second kappa shape index (κ2) is 10.2. The first-order valence-corrected chi connectivity index (χ1v) is 13.2. The molecule has 1 fully saturated rings. The monoisotopic (exact) mass is 515 g/mol. The molecule has 184 valence electrons. The number of hydrogen-bond acceptors (Lipinski definition) is 7. The van der Waals surface area contributed by atoms with Crippen LogP contribution in [0.15, 0.2) is 59.6 Å². The maximum atomic E-state index is 13.1. The number of esters is 1. The third kappa shape index (κ3) is 5.57. The van der Waals surface area contributed by atoms with Crippen molar-refractivity contribution in [3.63, 3.8) is 0 Å². The van der Waals surface area contributed by atoms with Gasteiger partial charge < -0.3 is 14.5 Å². The van der Waals surface area contributed by atoms with Crippen LogP contribution in [0.25, 0.3) is 10.8 Å². The molecule has 1 unspecified atom stereocenters. The molecular formula is C25H26ClN3O5S. The fraction of sp³-hybridized carbons (Fsp3) is 0.320. The lowest BCUT2D eigenvalue weighted by Gasteiger charge is -2.41. The van der Waals surface area contributed by atoms with E-state index < -0.39 is 27.8 Å². The van der Waals surface area contributed by atoms with Crippen molar-refractivity contribution in [1.82, 2.24) is 9.88 Å². The number of methoxy groups -OCH3 is 1. The number of carbonyl (C=O) groups is 2. The quantitative estimate of drug-likeness (QED) is 0.465. The summed E-state index contributed by atoms with van der Waals surface area (Å²) in [5, 5.41) is 2.14. The number of benzene rings is 2. The largest absolute Gasteiger partial charge is 0.467 e. The molecule has 8 nitrogen and oxygen atoms in total. The van der Waals surface area contributed by atoms with Gasteiger partial charge in [0, 0.05) is 48.7 Å². The number of anilines is 1. The molecule has 10 heteroatoms. The maximum absolute atomic E-state index is 13.1. The summed E-state index contributed by atoms with van der Waals surface area (Å²) in [7, 11) is -2.44. The predicted molar refractivity (Wildman–Crippen MR) is 134 cm³/mol. The molecule has 0 radical (unpaired) electrons. The summed E-state index contributed by atoms with van der Waals surface area (Å²) in [6, 6.07) is 12.9. The molecule has 1 saturated heterocycles. The standard InChI is InChI=1S/C25H26ClN3O5S/c1-17-13-21(7-9-27-17)28-10-11-29(23(16-28)25(31)34-2)24(30)8-12-35(32,33)22-6-4-18-14-20(26)5-3-19(18)15-22/h3-7,9,13-15,23H,8,10-12,16H2,1-2H3. The summed E-state index contributed by atoms with van der Waals surface area (Å²) in [6.07, 6.45) is 1.46. The van der Waals surface area contributed by atoms with E-state index in [9.17, 15) is 18.0 Å². The van der Waals surface area contributed by atoms with Gasteiger partial charge in [0.05, 0.1) is 17.8 Å². The molecular weight excluding hydrogens is 490 g/mol. The molecule has 4 rings (SSSR count). The Kier molecular flexibility index (Phi) is 7.28. The van der Waals surface area contributed by atoms with E-state index in [1.807, 2.05) is 24.0 Å². The van der Waals surface area contributed by atoms with Crippen molar-refractivity contribution in [2.75, 3.05) is 37.4 Å². The smallest absolute Gasteiger partial charge is 0.330 e. The molecule has 0 saturated carbocycles. The molecule has 2 heterocycles. The second-order valence-electron chi connectivity index (χ2n) is 8.45. The minimum Gasteiger partial charge on any atom is -0.467 e. The SMILES string of the molecule is COC(=O)C1CN(c2ccnc(C)c2)CCN1C(=O)CCS(=O)(=O)c1ccc2cc(Cl)ccc2c1. The number of hydrogen-bond donors (Lipinski definition) is 0. The van der Waals surface area contributed by atoms with E-state index in [2.05, 4.69) is 4.98 Å². The van der Waals surface area contributed by atoms with Crippen molar-refractivity contribution in [3.05, 3.63) is 65.4 Å². The van der Waals surface area contributed by atoms with Crippen LogP contribution in [0.1, 0.15) is 12.1 Å². The van der Waals surface area contributed by atoms with Gasteiger partial charge in [0.25, 0.3) is 0 Å². The van der Waals surface area contributed by atoms with Gasteiger partial charge in [-0.2, -0.15) is 0 Å². The molecule has 1 aromatic heterocycles. The number of halogens is 1. The van der Waals surface area contributed by atoms with Crippen LogP contribution < -0.4 is 4.90 Å². The molecule has 0 spiro atoms. The van der Waals surface area contributed by atoms with Crippen molar-refractivity contribution in [1.29, 1.82) is 0 Å². The summed E-state index contributed by atoms with van der Waals surface area (Å²) in [5.41, 5.74) is 1.75. The average Bonchev–Trinajstić information content (AvgIpc) is 2.86. The lowest BCUT2D eigenvalue weighted by atomic mass is 10.1. The Labute approximate surface area is 209 Å². The van der Waals surface area contributed by atoms with Gasteiger partial charge in [-0.15, -0.1) is 0 Å². The van der Waals surface area contributed by atoms with Gasteiger partial charge in [-0.05, 0) is 54.1 Å². The van der Waals surface area contributed by atoms with Crippen molar-refractivity contribution >= 4 is 49.8 Å². The van der Waals surface area contributed by atoms with E-state index >= 15 is 0 Å². The molecule has 1 atom stereocenters. The summed E-state index contributed by atoms with van der Waals surface area (Å²) >= 11 is 6.00. The summed E-state index contributed by atoms with van der Waals surface area (Å²) in [5.74, 6) is -1.30. The number of carbonyl (C=O) groups excluding carboxylic acids is 2. The molecule has 2 aromatic carbocycles. The highest BCUT2D eigenvalue weighted by atomic mass is 35.5. The summed E-state index contributed by atoms with van der Waals surface area (Å²) < 4.78 is 30.9. The first kappa shape index (κ1) is 24.9. The molecule has 35 heavy (non-hydrogen) atoms. The van der Waals surface area contributed by atoms with Crippen molar-refractivity contribution in [2.24, 2.45) is 0 Å².